The molecule has 0 aliphatic heterocycles. The van der Waals surface area contributed by atoms with Crippen LogP contribution >= 0.6 is 22.6 Å². The molecule has 0 spiro atoms. The molecule has 3 rings (SSSR count). The molecule has 0 unspecified atom stereocenters. The first-order chi connectivity index (χ1) is 9.08. The van der Waals surface area contributed by atoms with Crippen LogP contribution in [0, 0.1) is 3.57 Å². The number of aromatic carboxylic acids is 1. The summed E-state index contributed by atoms with van der Waals surface area (Å²) in [6.07, 6.45) is 0. The molecular weight excluding hydrogens is 357 g/mol. The number of aromatic nitrogens is 1. The molecular formula is C14H8INO3. The van der Waals surface area contributed by atoms with Gasteiger partial charge in [0.05, 0.1) is 11.1 Å². The van der Waals surface area contributed by atoms with Gasteiger partial charge in [-0.05, 0) is 52.9 Å². The lowest BCUT2D eigenvalue weighted by atomic mass is 10.1. The van der Waals surface area contributed by atoms with Gasteiger partial charge in [-0.2, -0.15) is 0 Å². The topological polar surface area (TPSA) is 70.2 Å². The number of hydrogen-bond acceptors (Lipinski definition) is 2. The van der Waals surface area contributed by atoms with E-state index in [1.54, 1.807) is 24.3 Å². The van der Waals surface area contributed by atoms with Crippen molar-refractivity contribution in [2.75, 3.05) is 0 Å². The summed E-state index contributed by atoms with van der Waals surface area (Å²) < 4.78 is 0.962. The third-order valence-corrected chi connectivity index (χ3v) is 3.70. The van der Waals surface area contributed by atoms with Gasteiger partial charge in [0, 0.05) is 19.9 Å². The smallest absolute Gasteiger partial charge is 0.337 e. The summed E-state index contributed by atoms with van der Waals surface area (Å²) in [5, 5.41) is 10.1. The van der Waals surface area contributed by atoms with Gasteiger partial charge in [-0.1, -0.05) is 6.07 Å². The van der Waals surface area contributed by atoms with E-state index < -0.39 is 5.97 Å². The number of para-hydroxylation sites is 1. The van der Waals surface area contributed by atoms with Gasteiger partial charge in [-0.25, -0.2) is 4.79 Å². The number of H-pyrrole nitrogens is 1. The Balaban J connectivity index is 2.57. The van der Waals surface area contributed by atoms with Crippen LogP contribution in [0.3, 0.4) is 0 Å². The van der Waals surface area contributed by atoms with Gasteiger partial charge in [-0.3, -0.25) is 4.79 Å². The van der Waals surface area contributed by atoms with E-state index in [1.807, 2.05) is 6.07 Å². The van der Waals surface area contributed by atoms with Crippen LogP contribution in [0.5, 0.6) is 0 Å². The number of rotatable bonds is 1. The van der Waals surface area contributed by atoms with E-state index in [9.17, 15) is 9.59 Å². The number of carboxylic acid groups (broad SMARTS) is 1. The molecule has 19 heavy (non-hydrogen) atoms. The number of benzene rings is 2. The summed E-state index contributed by atoms with van der Waals surface area (Å²) >= 11 is 2.14. The lowest BCUT2D eigenvalue weighted by Crippen LogP contribution is -2.08. The van der Waals surface area contributed by atoms with Gasteiger partial charge in [0.2, 0.25) is 0 Å². The molecule has 2 aromatic carbocycles. The summed E-state index contributed by atoms with van der Waals surface area (Å²) in [5.74, 6) is -1.05. The van der Waals surface area contributed by atoms with Gasteiger partial charge in [0.1, 0.15) is 0 Å². The second-order valence-electron chi connectivity index (χ2n) is 4.18. The van der Waals surface area contributed by atoms with E-state index in [4.69, 9.17) is 5.11 Å². The highest BCUT2D eigenvalue weighted by Gasteiger charge is 2.12. The van der Waals surface area contributed by atoms with E-state index in [0.29, 0.717) is 21.8 Å². The normalized spacial score (nSPS) is 11.0. The van der Waals surface area contributed by atoms with Crippen LogP contribution in [0.1, 0.15) is 10.4 Å². The Hall–Kier alpha value is -1.89. The van der Waals surface area contributed by atoms with Gasteiger partial charge < -0.3 is 10.1 Å². The van der Waals surface area contributed by atoms with Gasteiger partial charge in [0.25, 0.3) is 0 Å². The SMILES string of the molecule is O=C(O)c1cccc2c(=O)c3cc(I)ccc3[nH]c12. The first kappa shape index (κ1) is 12.2. The molecule has 0 fully saturated rings. The molecule has 0 saturated heterocycles. The van der Waals surface area contributed by atoms with E-state index in [1.165, 1.54) is 6.07 Å². The number of halogens is 1. The Bertz CT molecular complexity index is 883. The molecule has 0 amide bonds. The lowest BCUT2D eigenvalue weighted by molar-refractivity contribution is 0.0699. The Morgan fingerprint density at radius 1 is 1.16 bits per heavy atom. The zero-order valence-corrected chi connectivity index (χ0v) is 11.8. The number of carboxylic acids is 1. The number of nitrogens with one attached hydrogen (secondary N) is 1. The van der Waals surface area contributed by atoms with Gasteiger partial charge in [0.15, 0.2) is 5.43 Å². The second kappa shape index (κ2) is 4.34. The third-order valence-electron chi connectivity index (χ3n) is 3.03. The highest BCUT2D eigenvalue weighted by Crippen LogP contribution is 2.19. The molecule has 1 aromatic heterocycles. The minimum atomic E-state index is -1.05. The molecule has 0 atom stereocenters. The highest BCUT2D eigenvalue weighted by molar-refractivity contribution is 14.1. The van der Waals surface area contributed by atoms with Crippen molar-refractivity contribution in [3.05, 3.63) is 55.8 Å². The Kier molecular flexibility index (Phi) is 2.78. The van der Waals surface area contributed by atoms with E-state index in [2.05, 4.69) is 27.6 Å². The highest BCUT2D eigenvalue weighted by atomic mass is 127. The molecule has 94 valence electrons. The summed E-state index contributed by atoms with van der Waals surface area (Å²) in [4.78, 5) is 26.6. The fraction of sp³-hybridized carbons (Fsp3) is 0. The van der Waals surface area contributed by atoms with Crippen molar-refractivity contribution in [2.45, 2.75) is 0 Å². The summed E-state index contributed by atoms with van der Waals surface area (Å²) in [6.45, 7) is 0. The zero-order chi connectivity index (χ0) is 13.6. The van der Waals surface area contributed by atoms with Crippen LogP contribution in [0.15, 0.2) is 41.2 Å². The average molecular weight is 365 g/mol. The number of hydrogen-bond donors (Lipinski definition) is 2. The number of pyridine rings is 1. The second-order valence-corrected chi connectivity index (χ2v) is 5.42. The molecule has 5 heteroatoms. The van der Waals surface area contributed by atoms with Crippen LogP contribution in [-0.4, -0.2) is 16.1 Å². The third kappa shape index (κ3) is 1.90. The first-order valence-electron chi connectivity index (χ1n) is 5.55. The predicted molar refractivity (Wildman–Crippen MR) is 81.8 cm³/mol. The van der Waals surface area contributed by atoms with Crippen molar-refractivity contribution in [3.8, 4) is 0 Å². The van der Waals surface area contributed by atoms with Crippen molar-refractivity contribution in [2.24, 2.45) is 0 Å². The fourth-order valence-electron chi connectivity index (χ4n) is 2.15. The summed E-state index contributed by atoms with van der Waals surface area (Å²) in [5.41, 5.74) is 0.973. The van der Waals surface area contributed by atoms with E-state index in [-0.39, 0.29) is 11.0 Å². The quantitative estimate of drug-likeness (QED) is 0.515. The molecule has 0 radical (unpaired) electrons. The molecule has 0 bridgehead atoms. The van der Waals surface area contributed by atoms with Crippen molar-refractivity contribution in [3.63, 3.8) is 0 Å². The lowest BCUT2D eigenvalue weighted by Gasteiger charge is -2.05. The molecule has 0 aliphatic rings. The minimum absolute atomic E-state index is 0.107. The van der Waals surface area contributed by atoms with Crippen LogP contribution in [0.4, 0.5) is 0 Å². The molecule has 0 saturated carbocycles. The van der Waals surface area contributed by atoms with Gasteiger partial charge >= 0.3 is 5.97 Å². The van der Waals surface area contributed by atoms with Crippen molar-refractivity contribution in [1.29, 1.82) is 0 Å². The number of fused-ring (bicyclic) bond motifs is 2. The molecule has 4 nitrogen and oxygen atoms in total. The zero-order valence-electron chi connectivity index (χ0n) is 9.61. The van der Waals surface area contributed by atoms with Gasteiger partial charge in [-0.15, -0.1) is 0 Å². The van der Waals surface area contributed by atoms with Crippen molar-refractivity contribution in [1.82, 2.24) is 4.98 Å². The number of aromatic amines is 1. The Morgan fingerprint density at radius 3 is 2.68 bits per heavy atom. The van der Waals surface area contributed by atoms with E-state index in [0.717, 1.165) is 3.57 Å². The predicted octanol–water partition coefficient (Wildman–Crippen LogP) is 2.98. The summed E-state index contributed by atoms with van der Waals surface area (Å²) in [6, 6.07) is 10.2. The monoisotopic (exact) mass is 365 g/mol. The average Bonchev–Trinajstić information content (AvgIpc) is 2.39. The van der Waals surface area contributed by atoms with Crippen LogP contribution in [0.2, 0.25) is 0 Å². The summed E-state index contributed by atoms with van der Waals surface area (Å²) in [7, 11) is 0. The van der Waals surface area contributed by atoms with Crippen LogP contribution in [-0.2, 0) is 0 Å². The Labute approximate surface area is 121 Å². The van der Waals surface area contributed by atoms with E-state index >= 15 is 0 Å². The molecule has 1 heterocycles. The number of carbonyl (C=O) groups is 1. The standard InChI is InChI=1S/C14H8INO3/c15-7-4-5-11-10(6-7)13(17)8-2-1-3-9(14(18)19)12(8)16-11/h1-6H,(H,16,17)(H,18,19). The largest absolute Gasteiger partial charge is 0.478 e. The maximum atomic E-state index is 12.4. The first-order valence-corrected chi connectivity index (χ1v) is 6.63. The maximum Gasteiger partial charge on any atom is 0.337 e. The Morgan fingerprint density at radius 2 is 1.95 bits per heavy atom. The molecule has 0 aliphatic carbocycles. The van der Waals surface area contributed by atoms with Crippen LogP contribution < -0.4 is 5.43 Å². The molecule has 3 aromatic rings. The fourth-order valence-corrected chi connectivity index (χ4v) is 2.64. The van der Waals surface area contributed by atoms with Crippen molar-refractivity contribution >= 4 is 50.4 Å². The van der Waals surface area contributed by atoms with Crippen molar-refractivity contribution < 1.29 is 9.90 Å². The molecule has 2 N–H and O–H groups in total. The van der Waals surface area contributed by atoms with Crippen LogP contribution in [0.25, 0.3) is 21.8 Å². The minimum Gasteiger partial charge on any atom is -0.478 e. The maximum absolute atomic E-state index is 12.4.